The summed E-state index contributed by atoms with van der Waals surface area (Å²) in [6.45, 7) is 6.92. The maximum Gasteiger partial charge on any atom is 0.272 e. The van der Waals surface area contributed by atoms with Gasteiger partial charge in [-0.05, 0) is 43.5 Å². The average Bonchev–Trinajstić information content (AvgIpc) is 2.98. The van der Waals surface area contributed by atoms with E-state index in [2.05, 4.69) is 41.9 Å². The normalized spacial score (nSPS) is 10.9. The van der Waals surface area contributed by atoms with Crippen molar-refractivity contribution in [3.05, 3.63) is 53.2 Å². The van der Waals surface area contributed by atoms with Crippen molar-refractivity contribution in [3.63, 3.8) is 0 Å². The third-order valence-electron chi connectivity index (χ3n) is 4.93. The van der Waals surface area contributed by atoms with Gasteiger partial charge in [-0.3, -0.25) is 4.79 Å². The quantitative estimate of drug-likeness (QED) is 0.682. The van der Waals surface area contributed by atoms with Crippen molar-refractivity contribution >= 4 is 22.5 Å². The molecule has 0 aliphatic heterocycles. The Morgan fingerprint density at radius 2 is 1.70 bits per heavy atom. The highest BCUT2D eigenvalue weighted by Gasteiger charge is 2.20. The molecule has 3 aromatic rings. The van der Waals surface area contributed by atoms with E-state index in [0.717, 1.165) is 29.4 Å². The molecule has 0 atom stereocenters. The highest BCUT2D eigenvalue weighted by molar-refractivity contribution is 6.08. The van der Waals surface area contributed by atoms with Gasteiger partial charge in [-0.15, -0.1) is 0 Å². The molecule has 0 aliphatic rings. The molecule has 27 heavy (non-hydrogen) atoms. The van der Waals surface area contributed by atoms with Crippen molar-refractivity contribution in [2.24, 2.45) is 0 Å². The Morgan fingerprint density at radius 1 is 1.04 bits per heavy atom. The molecule has 1 aromatic heterocycles. The number of rotatable bonds is 6. The molecule has 3 rings (SSSR count). The van der Waals surface area contributed by atoms with E-state index < -0.39 is 0 Å². The molecule has 1 N–H and O–H groups in total. The Morgan fingerprint density at radius 3 is 2.26 bits per heavy atom. The molecule has 0 fully saturated rings. The van der Waals surface area contributed by atoms with Gasteiger partial charge in [-0.2, -0.15) is 0 Å². The van der Waals surface area contributed by atoms with Crippen LogP contribution in [0, 0.1) is 6.92 Å². The summed E-state index contributed by atoms with van der Waals surface area (Å²) < 4.78 is 12.6. The second-order valence-corrected chi connectivity index (χ2v) is 6.48. The van der Waals surface area contributed by atoms with Gasteiger partial charge in [-0.1, -0.05) is 13.0 Å². The summed E-state index contributed by atoms with van der Waals surface area (Å²) in [7, 11) is 3.18. The third-order valence-corrected chi connectivity index (χ3v) is 4.93. The molecule has 0 radical (unpaired) electrons. The first-order chi connectivity index (χ1) is 13.0. The number of carbonyl (C=O) groups is 1. The van der Waals surface area contributed by atoms with E-state index >= 15 is 0 Å². The minimum atomic E-state index is -0.140. The van der Waals surface area contributed by atoms with Gasteiger partial charge in [0.2, 0.25) is 0 Å². The predicted octanol–water partition coefficient (Wildman–Crippen LogP) is 4.80. The van der Waals surface area contributed by atoms with Gasteiger partial charge in [0.25, 0.3) is 5.91 Å². The summed E-state index contributed by atoms with van der Waals surface area (Å²) in [5.41, 5.74) is 4.67. The summed E-state index contributed by atoms with van der Waals surface area (Å²) in [4.78, 5) is 13.1. The number of aryl methyl sites for hydroxylation is 3. The number of hydrogen-bond donors (Lipinski definition) is 1. The summed E-state index contributed by atoms with van der Waals surface area (Å²) in [6, 6.07) is 11.8. The van der Waals surface area contributed by atoms with E-state index in [4.69, 9.17) is 9.47 Å². The van der Waals surface area contributed by atoms with E-state index in [1.807, 2.05) is 6.92 Å². The van der Waals surface area contributed by atoms with Crippen LogP contribution in [0.15, 0.2) is 36.4 Å². The van der Waals surface area contributed by atoms with Crippen molar-refractivity contribution in [2.45, 2.75) is 33.7 Å². The Labute approximate surface area is 159 Å². The fraction of sp³-hybridized carbons (Fsp3) is 0.318. The number of anilines is 1. The number of fused-ring (bicyclic) bond motifs is 1. The van der Waals surface area contributed by atoms with Crippen LogP contribution in [-0.4, -0.2) is 24.7 Å². The van der Waals surface area contributed by atoms with Crippen LogP contribution < -0.4 is 14.8 Å². The van der Waals surface area contributed by atoms with E-state index in [1.54, 1.807) is 32.4 Å². The summed E-state index contributed by atoms with van der Waals surface area (Å²) in [5.74, 6) is 1.12. The van der Waals surface area contributed by atoms with E-state index in [-0.39, 0.29) is 5.91 Å². The number of benzene rings is 2. The van der Waals surface area contributed by atoms with Gasteiger partial charge < -0.3 is 19.4 Å². The molecule has 0 aliphatic carbocycles. The molecule has 0 saturated carbocycles. The number of hydrogen-bond acceptors (Lipinski definition) is 3. The SMILES string of the molecule is CCc1ccc2c(c1)c(C)c(C(=O)Nc1cc(OC)cc(OC)c1)n2CC. The number of nitrogens with zero attached hydrogens (tertiary/aromatic N) is 1. The zero-order valence-electron chi connectivity index (χ0n) is 16.6. The lowest BCUT2D eigenvalue weighted by Gasteiger charge is -2.12. The van der Waals surface area contributed by atoms with Gasteiger partial charge >= 0.3 is 0 Å². The van der Waals surface area contributed by atoms with Crippen LogP contribution in [0.3, 0.4) is 0 Å². The average molecular weight is 366 g/mol. The molecular formula is C22H26N2O3. The van der Waals surface area contributed by atoms with Crippen molar-refractivity contribution in [1.29, 1.82) is 0 Å². The van der Waals surface area contributed by atoms with Crippen LogP contribution in [0.1, 0.15) is 35.5 Å². The van der Waals surface area contributed by atoms with Crippen LogP contribution in [-0.2, 0) is 13.0 Å². The fourth-order valence-corrected chi connectivity index (χ4v) is 3.48. The van der Waals surface area contributed by atoms with E-state index in [9.17, 15) is 4.79 Å². The largest absolute Gasteiger partial charge is 0.497 e. The van der Waals surface area contributed by atoms with Gasteiger partial charge in [0, 0.05) is 41.3 Å². The second-order valence-electron chi connectivity index (χ2n) is 6.48. The maximum absolute atomic E-state index is 13.1. The number of methoxy groups -OCH3 is 2. The number of carbonyl (C=O) groups excluding carboxylic acids is 1. The van der Waals surface area contributed by atoms with Crippen molar-refractivity contribution in [1.82, 2.24) is 4.57 Å². The smallest absolute Gasteiger partial charge is 0.272 e. The van der Waals surface area contributed by atoms with Crippen LogP contribution in [0.4, 0.5) is 5.69 Å². The Hall–Kier alpha value is -2.95. The molecule has 0 unspecified atom stereocenters. The van der Waals surface area contributed by atoms with Crippen molar-refractivity contribution in [3.8, 4) is 11.5 Å². The Bertz CT molecular complexity index is 967. The number of ether oxygens (including phenoxy) is 2. The number of nitrogens with one attached hydrogen (secondary N) is 1. The predicted molar refractivity (Wildman–Crippen MR) is 109 cm³/mol. The van der Waals surface area contributed by atoms with Gasteiger partial charge in [0.05, 0.1) is 14.2 Å². The number of aromatic nitrogens is 1. The molecule has 142 valence electrons. The highest BCUT2D eigenvalue weighted by atomic mass is 16.5. The minimum absolute atomic E-state index is 0.140. The molecule has 5 heteroatoms. The Kier molecular flexibility index (Phi) is 5.40. The van der Waals surface area contributed by atoms with Crippen molar-refractivity contribution < 1.29 is 14.3 Å². The molecule has 1 amide bonds. The fourth-order valence-electron chi connectivity index (χ4n) is 3.48. The molecule has 0 bridgehead atoms. The lowest BCUT2D eigenvalue weighted by Crippen LogP contribution is -2.18. The van der Waals surface area contributed by atoms with Crippen LogP contribution in [0.5, 0.6) is 11.5 Å². The van der Waals surface area contributed by atoms with E-state index in [0.29, 0.717) is 22.9 Å². The molecule has 5 nitrogen and oxygen atoms in total. The molecule has 1 heterocycles. The molecular weight excluding hydrogens is 340 g/mol. The Balaban J connectivity index is 2.04. The molecule has 0 spiro atoms. The van der Waals surface area contributed by atoms with Crippen LogP contribution in [0.2, 0.25) is 0 Å². The number of amides is 1. The second kappa shape index (κ2) is 7.74. The third kappa shape index (κ3) is 3.50. The van der Waals surface area contributed by atoms with Gasteiger partial charge in [-0.25, -0.2) is 0 Å². The zero-order valence-corrected chi connectivity index (χ0v) is 16.6. The van der Waals surface area contributed by atoms with Crippen LogP contribution in [0.25, 0.3) is 10.9 Å². The summed E-state index contributed by atoms with van der Waals surface area (Å²) in [5, 5.41) is 4.12. The topological polar surface area (TPSA) is 52.5 Å². The standard InChI is InChI=1S/C22H26N2O3/c1-6-15-8-9-20-19(10-15)14(3)21(24(20)7-2)22(25)23-16-11-17(26-4)13-18(12-16)27-5/h8-13H,6-7H2,1-5H3,(H,23,25). The first-order valence-corrected chi connectivity index (χ1v) is 9.18. The van der Waals surface area contributed by atoms with Gasteiger partial charge in [0.1, 0.15) is 17.2 Å². The summed E-state index contributed by atoms with van der Waals surface area (Å²) >= 11 is 0. The monoisotopic (exact) mass is 366 g/mol. The van der Waals surface area contributed by atoms with E-state index in [1.165, 1.54) is 5.56 Å². The zero-order chi connectivity index (χ0) is 19.6. The summed E-state index contributed by atoms with van der Waals surface area (Å²) in [6.07, 6.45) is 0.970. The maximum atomic E-state index is 13.1. The lowest BCUT2D eigenvalue weighted by molar-refractivity contribution is 0.101. The highest BCUT2D eigenvalue weighted by Crippen LogP contribution is 2.29. The first-order valence-electron chi connectivity index (χ1n) is 9.18. The minimum Gasteiger partial charge on any atom is -0.497 e. The first kappa shape index (κ1) is 18.8. The lowest BCUT2D eigenvalue weighted by atomic mass is 10.1. The molecule has 0 saturated heterocycles. The van der Waals surface area contributed by atoms with Gasteiger partial charge in [0.15, 0.2) is 0 Å². The van der Waals surface area contributed by atoms with Crippen molar-refractivity contribution in [2.75, 3.05) is 19.5 Å². The van der Waals surface area contributed by atoms with Crippen LogP contribution >= 0.6 is 0 Å². The molecule has 2 aromatic carbocycles.